The van der Waals surface area contributed by atoms with E-state index in [0.717, 1.165) is 51.5 Å². The Morgan fingerprint density at radius 1 is 1.24 bits per heavy atom. The molecular weight excluding hydrogens is 266 g/mol. The first-order valence-corrected chi connectivity index (χ1v) is 8.35. The predicted octanol–water partition coefficient (Wildman–Crippen LogP) is 1.25. The van der Waals surface area contributed by atoms with Crippen LogP contribution in [-0.2, 0) is 4.79 Å². The average molecular weight is 297 g/mol. The van der Waals surface area contributed by atoms with E-state index in [1.807, 2.05) is 6.92 Å². The van der Waals surface area contributed by atoms with Gasteiger partial charge in [-0.15, -0.1) is 0 Å². The van der Waals surface area contributed by atoms with E-state index >= 15 is 0 Å². The topological polar surface area (TPSA) is 55.8 Å². The van der Waals surface area contributed by atoms with Gasteiger partial charge in [-0.25, -0.2) is 0 Å². The first kappa shape index (κ1) is 16.7. The van der Waals surface area contributed by atoms with Gasteiger partial charge in [-0.1, -0.05) is 13.8 Å². The number of nitrogens with one attached hydrogen (secondary N) is 1. The normalized spacial score (nSPS) is 24.2. The Balaban J connectivity index is 1.73. The molecule has 122 valence electrons. The highest BCUT2D eigenvalue weighted by molar-refractivity contribution is 5.78. The van der Waals surface area contributed by atoms with Gasteiger partial charge in [0.15, 0.2) is 0 Å². The molecule has 2 aliphatic rings. The van der Waals surface area contributed by atoms with Gasteiger partial charge in [0, 0.05) is 45.3 Å². The number of carboxylic acids is 1. The highest BCUT2D eigenvalue weighted by Crippen LogP contribution is 2.24. The van der Waals surface area contributed by atoms with Crippen LogP contribution < -0.4 is 5.32 Å². The van der Waals surface area contributed by atoms with Gasteiger partial charge < -0.3 is 14.9 Å². The second-order valence-corrected chi connectivity index (χ2v) is 7.34. The van der Waals surface area contributed by atoms with Gasteiger partial charge in [-0.05, 0) is 32.1 Å². The molecule has 0 aromatic carbocycles. The lowest BCUT2D eigenvalue weighted by atomic mass is 9.97. The highest BCUT2D eigenvalue weighted by atomic mass is 16.4. The molecule has 0 spiro atoms. The molecular formula is C16H31N3O2. The van der Waals surface area contributed by atoms with Crippen molar-refractivity contribution in [2.45, 2.75) is 51.6 Å². The van der Waals surface area contributed by atoms with Crippen LogP contribution in [0.15, 0.2) is 0 Å². The molecule has 1 heterocycles. The predicted molar refractivity (Wildman–Crippen MR) is 84.5 cm³/mol. The molecule has 2 N–H and O–H groups in total. The summed E-state index contributed by atoms with van der Waals surface area (Å²) in [4.78, 5) is 16.5. The third-order valence-corrected chi connectivity index (χ3v) is 4.59. The second kappa shape index (κ2) is 7.07. The molecule has 0 aromatic rings. The maximum atomic E-state index is 11.5. The maximum Gasteiger partial charge on any atom is 0.323 e. The Hall–Kier alpha value is -0.650. The zero-order valence-electron chi connectivity index (χ0n) is 13.8. The number of rotatable bonds is 8. The number of piperazine rings is 1. The van der Waals surface area contributed by atoms with E-state index in [0.29, 0.717) is 12.5 Å². The molecule has 5 heteroatoms. The molecule has 5 nitrogen and oxygen atoms in total. The van der Waals surface area contributed by atoms with Crippen LogP contribution in [0.2, 0.25) is 0 Å². The highest BCUT2D eigenvalue weighted by Gasteiger charge is 2.38. The summed E-state index contributed by atoms with van der Waals surface area (Å²) in [6.45, 7) is 12.7. The molecule has 1 aliphatic heterocycles. The van der Waals surface area contributed by atoms with Crippen LogP contribution in [0.5, 0.6) is 0 Å². The number of carboxylic acid groups (broad SMARTS) is 1. The molecule has 2 fully saturated rings. The summed E-state index contributed by atoms with van der Waals surface area (Å²) in [6, 6.07) is 0.425. The zero-order chi connectivity index (χ0) is 15.5. The second-order valence-electron chi connectivity index (χ2n) is 7.34. The van der Waals surface area contributed by atoms with Crippen molar-refractivity contribution in [3.63, 3.8) is 0 Å². The zero-order valence-corrected chi connectivity index (χ0v) is 13.8. The van der Waals surface area contributed by atoms with Gasteiger partial charge >= 0.3 is 5.97 Å². The van der Waals surface area contributed by atoms with Crippen LogP contribution in [0.25, 0.3) is 0 Å². The summed E-state index contributed by atoms with van der Waals surface area (Å²) in [6.07, 6.45) is 2.93. The number of nitrogens with zero attached hydrogens (tertiary/aromatic N) is 2. The lowest BCUT2D eigenvalue weighted by Crippen LogP contribution is -2.54. The Labute approximate surface area is 128 Å². The Morgan fingerprint density at radius 2 is 1.81 bits per heavy atom. The first-order valence-electron chi connectivity index (χ1n) is 8.35. The van der Waals surface area contributed by atoms with Crippen LogP contribution in [0.3, 0.4) is 0 Å². The van der Waals surface area contributed by atoms with Crippen LogP contribution >= 0.6 is 0 Å². The fourth-order valence-corrected chi connectivity index (χ4v) is 3.01. The van der Waals surface area contributed by atoms with E-state index in [1.165, 1.54) is 6.54 Å². The van der Waals surface area contributed by atoms with E-state index in [4.69, 9.17) is 0 Å². The van der Waals surface area contributed by atoms with Crippen LogP contribution in [-0.4, -0.2) is 71.7 Å². The van der Waals surface area contributed by atoms with Crippen molar-refractivity contribution in [3.05, 3.63) is 0 Å². The standard InChI is InChI=1S/C16H31N3O2/c1-13(2)12-19-10-8-18(9-11-19)7-6-16(3,15(20)21)17-14-4-5-14/h13-14,17H,4-12H2,1-3H3,(H,20,21). The van der Waals surface area contributed by atoms with Gasteiger partial charge in [-0.3, -0.25) is 10.1 Å². The average Bonchev–Trinajstić information content (AvgIpc) is 3.21. The van der Waals surface area contributed by atoms with Gasteiger partial charge in [0.2, 0.25) is 0 Å². The summed E-state index contributed by atoms with van der Waals surface area (Å²) in [5.41, 5.74) is -0.768. The number of carbonyl (C=O) groups is 1. The van der Waals surface area contributed by atoms with Gasteiger partial charge in [-0.2, -0.15) is 0 Å². The smallest absolute Gasteiger partial charge is 0.323 e. The Bertz CT molecular complexity index is 349. The molecule has 1 atom stereocenters. The van der Waals surface area contributed by atoms with Gasteiger partial charge in [0.1, 0.15) is 5.54 Å². The van der Waals surface area contributed by atoms with Crippen molar-refractivity contribution in [1.29, 1.82) is 0 Å². The molecule has 1 saturated carbocycles. The van der Waals surface area contributed by atoms with Crippen LogP contribution in [0, 0.1) is 5.92 Å². The molecule has 0 amide bonds. The molecule has 1 unspecified atom stereocenters. The largest absolute Gasteiger partial charge is 0.480 e. The van der Waals surface area contributed by atoms with E-state index in [2.05, 4.69) is 29.0 Å². The summed E-state index contributed by atoms with van der Waals surface area (Å²) >= 11 is 0. The lowest BCUT2D eigenvalue weighted by Gasteiger charge is -2.37. The minimum atomic E-state index is -0.768. The molecule has 0 bridgehead atoms. The number of hydrogen-bond acceptors (Lipinski definition) is 4. The van der Waals surface area contributed by atoms with Crippen molar-refractivity contribution >= 4 is 5.97 Å². The summed E-state index contributed by atoms with van der Waals surface area (Å²) in [5.74, 6) is 0.00226. The van der Waals surface area contributed by atoms with Crippen LogP contribution in [0.4, 0.5) is 0 Å². The van der Waals surface area contributed by atoms with E-state index in [-0.39, 0.29) is 0 Å². The van der Waals surface area contributed by atoms with Crippen molar-refractivity contribution < 1.29 is 9.90 Å². The molecule has 2 rings (SSSR count). The maximum absolute atomic E-state index is 11.5. The van der Waals surface area contributed by atoms with Crippen molar-refractivity contribution in [2.75, 3.05) is 39.3 Å². The Morgan fingerprint density at radius 3 is 2.29 bits per heavy atom. The van der Waals surface area contributed by atoms with Gasteiger partial charge in [0.05, 0.1) is 0 Å². The lowest BCUT2D eigenvalue weighted by molar-refractivity contribution is -0.144. The minimum absolute atomic E-state index is 0.425. The van der Waals surface area contributed by atoms with Gasteiger partial charge in [0.25, 0.3) is 0 Å². The van der Waals surface area contributed by atoms with Crippen LogP contribution in [0.1, 0.15) is 40.0 Å². The fraction of sp³-hybridized carbons (Fsp3) is 0.938. The van der Waals surface area contributed by atoms with E-state index < -0.39 is 11.5 Å². The third kappa shape index (κ3) is 5.24. The summed E-state index contributed by atoms with van der Waals surface area (Å²) in [5, 5.41) is 12.8. The monoisotopic (exact) mass is 297 g/mol. The summed E-state index contributed by atoms with van der Waals surface area (Å²) < 4.78 is 0. The third-order valence-electron chi connectivity index (χ3n) is 4.59. The molecule has 1 aliphatic carbocycles. The van der Waals surface area contributed by atoms with Crippen molar-refractivity contribution in [2.24, 2.45) is 5.92 Å². The van der Waals surface area contributed by atoms with E-state index in [1.54, 1.807) is 0 Å². The van der Waals surface area contributed by atoms with Crippen molar-refractivity contribution in [1.82, 2.24) is 15.1 Å². The molecule has 21 heavy (non-hydrogen) atoms. The SMILES string of the molecule is CC(C)CN1CCN(CCC(C)(NC2CC2)C(=O)O)CC1. The minimum Gasteiger partial charge on any atom is -0.480 e. The molecule has 0 radical (unpaired) electrons. The first-order chi connectivity index (χ1) is 9.89. The molecule has 0 aromatic heterocycles. The fourth-order valence-electron chi connectivity index (χ4n) is 3.01. The molecule has 1 saturated heterocycles. The van der Waals surface area contributed by atoms with E-state index in [9.17, 15) is 9.90 Å². The summed E-state index contributed by atoms with van der Waals surface area (Å²) in [7, 11) is 0. The Kier molecular flexibility index (Phi) is 5.63. The number of hydrogen-bond donors (Lipinski definition) is 2. The quantitative estimate of drug-likeness (QED) is 0.706. The number of aliphatic carboxylic acids is 1. The van der Waals surface area contributed by atoms with Crippen molar-refractivity contribution in [3.8, 4) is 0 Å².